The highest BCUT2D eigenvalue weighted by Gasteiger charge is 2.43. The number of ether oxygens (including phenoxy) is 1. The topological polar surface area (TPSA) is 69.0 Å². The number of hydrogen-bond acceptors (Lipinski definition) is 4. The van der Waals surface area contributed by atoms with Crippen LogP contribution in [0.1, 0.15) is 19.3 Å². The van der Waals surface area contributed by atoms with Gasteiger partial charge in [0.2, 0.25) is 11.8 Å². The fourth-order valence-corrected chi connectivity index (χ4v) is 3.24. The van der Waals surface area contributed by atoms with E-state index in [9.17, 15) is 9.18 Å². The lowest BCUT2D eigenvalue weighted by atomic mass is 10.2. The zero-order chi connectivity index (χ0) is 18.5. The fraction of sp³-hybridized carbons (Fsp3) is 0.350. The van der Waals surface area contributed by atoms with Gasteiger partial charge >= 0.3 is 0 Å². The van der Waals surface area contributed by atoms with E-state index in [1.54, 1.807) is 12.4 Å². The maximum atomic E-state index is 13.1. The Morgan fingerprint density at radius 2 is 2.15 bits per heavy atom. The number of nitrogens with one attached hydrogen (secondary N) is 1. The molecular formula is C20H19FN4O2. The summed E-state index contributed by atoms with van der Waals surface area (Å²) in [6, 6.07) is 7.71. The number of alkyl halides is 1. The van der Waals surface area contributed by atoms with Gasteiger partial charge in [-0.05, 0) is 43.5 Å². The number of aryl methyl sites for hydroxylation is 1. The van der Waals surface area contributed by atoms with Crippen LogP contribution in [0, 0.1) is 5.92 Å². The zero-order valence-corrected chi connectivity index (χ0v) is 14.9. The van der Waals surface area contributed by atoms with Crippen molar-refractivity contribution in [2.24, 2.45) is 13.0 Å². The molecule has 2 saturated carbocycles. The van der Waals surface area contributed by atoms with Crippen molar-refractivity contribution in [3.05, 3.63) is 36.7 Å². The van der Waals surface area contributed by atoms with Crippen LogP contribution in [-0.2, 0) is 11.8 Å². The molecule has 3 aromatic heterocycles. The highest BCUT2D eigenvalue weighted by molar-refractivity contribution is 5.96. The first-order chi connectivity index (χ1) is 13.1. The first-order valence-electron chi connectivity index (χ1n) is 9.12. The minimum Gasteiger partial charge on any atom is -0.474 e. The van der Waals surface area contributed by atoms with Crippen molar-refractivity contribution in [3.63, 3.8) is 0 Å². The molecule has 2 aliphatic rings. The van der Waals surface area contributed by atoms with E-state index in [0.717, 1.165) is 35.0 Å². The summed E-state index contributed by atoms with van der Waals surface area (Å²) in [6.07, 6.45) is 5.12. The number of fused-ring (bicyclic) bond motifs is 1. The van der Waals surface area contributed by atoms with Crippen LogP contribution in [0.4, 0.5) is 10.2 Å². The van der Waals surface area contributed by atoms with Gasteiger partial charge < -0.3 is 14.6 Å². The molecule has 0 aliphatic heterocycles. The average molecular weight is 366 g/mol. The second-order valence-electron chi connectivity index (χ2n) is 7.24. The van der Waals surface area contributed by atoms with Crippen molar-refractivity contribution in [2.75, 3.05) is 5.32 Å². The third kappa shape index (κ3) is 3.03. The number of pyridine rings is 2. The second kappa shape index (κ2) is 6.04. The van der Waals surface area contributed by atoms with Gasteiger partial charge in [-0.2, -0.15) is 0 Å². The standard InChI is InChI=1S/C20H19FN4O2/c1-25-16(13-3-2-6-22-20(13)27-12-4-5-12)7-11-8-18(23-10-17(11)25)24-19(26)14-9-15(14)21/h2-3,6-8,10,12,14-15H,4-5,9H2,1H3,(H,23,24,26)/t14-,15+/m1/s1. The molecule has 6 nitrogen and oxygen atoms in total. The molecule has 1 amide bonds. The quantitative estimate of drug-likeness (QED) is 0.751. The Balaban J connectivity index is 1.49. The van der Waals surface area contributed by atoms with Crippen molar-refractivity contribution in [2.45, 2.75) is 31.5 Å². The number of carbonyl (C=O) groups is 1. The van der Waals surface area contributed by atoms with Crippen LogP contribution >= 0.6 is 0 Å². The summed E-state index contributed by atoms with van der Waals surface area (Å²) in [4.78, 5) is 20.6. The minimum absolute atomic E-state index is 0.263. The van der Waals surface area contributed by atoms with Gasteiger partial charge in [0.25, 0.3) is 0 Å². The Kier molecular flexibility index (Phi) is 3.63. The molecule has 0 unspecified atom stereocenters. The summed E-state index contributed by atoms with van der Waals surface area (Å²) < 4.78 is 21.0. The number of amides is 1. The number of carbonyl (C=O) groups excluding carboxylic acids is 1. The molecule has 3 heterocycles. The lowest BCUT2D eigenvalue weighted by molar-refractivity contribution is -0.117. The largest absolute Gasteiger partial charge is 0.474 e. The molecule has 0 radical (unpaired) electrons. The Hall–Kier alpha value is -2.96. The summed E-state index contributed by atoms with van der Waals surface area (Å²) in [5.74, 6) is 0.226. The van der Waals surface area contributed by atoms with Gasteiger partial charge in [-0.3, -0.25) is 4.79 Å². The van der Waals surface area contributed by atoms with E-state index in [1.165, 1.54) is 0 Å². The number of nitrogens with zero attached hydrogens (tertiary/aromatic N) is 3. The number of hydrogen-bond donors (Lipinski definition) is 1. The van der Waals surface area contributed by atoms with Crippen LogP contribution in [0.3, 0.4) is 0 Å². The van der Waals surface area contributed by atoms with Gasteiger partial charge in [0.15, 0.2) is 0 Å². The van der Waals surface area contributed by atoms with Crippen LogP contribution < -0.4 is 10.1 Å². The molecule has 0 spiro atoms. The molecule has 0 saturated heterocycles. The third-order valence-electron chi connectivity index (χ3n) is 5.08. The van der Waals surface area contributed by atoms with Gasteiger partial charge in [-0.15, -0.1) is 0 Å². The molecular weight excluding hydrogens is 347 g/mol. The summed E-state index contributed by atoms with van der Waals surface area (Å²) in [5.41, 5.74) is 2.82. The minimum atomic E-state index is -1.02. The Morgan fingerprint density at radius 3 is 2.89 bits per heavy atom. The van der Waals surface area contributed by atoms with E-state index in [-0.39, 0.29) is 12.0 Å². The van der Waals surface area contributed by atoms with Crippen LogP contribution in [0.5, 0.6) is 5.88 Å². The molecule has 2 atom stereocenters. The predicted molar refractivity (Wildman–Crippen MR) is 99.2 cm³/mol. The summed E-state index contributed by atoms with van der Waals surface area (Å²) >= 11 is 0. The number of anilines is 1. The van der Waals surface area contributed by atoms with Gasteiger partial charge in [0, 0.05) is 18.6 Å². The molecule has 1 N–H and O–H groups in total. The fourth-order valence-electron chi connectivity index (χ4n) is 3.24. The third-order valence-corrected chi connectivity index (χ3v) is 5.08. The van der Waals surface area contributed by atoms with E-state index in [2.05, 4.69) is 15.3 Å². The van der Waals surface area contributed by atoms with Gasteiger partial charge in [0.05, 0.1) is 28.9 Å². The van der Waals surface area contributed by atoms with Crippen LogP contribution in [0.25, 0.3) is 22.2 Å². The van der Waals surface area contributed by atoms with E-state index in [4.69, 9.17) is 4.74 Å². The molecule has 5 rings (SSSR count). The smallest absolute Gasteiger partial charge is 0.231 e. The molecule has 3 aromatic rings. The van der Waals surface area contributed by atoms with Crippen LogP contribution in [0.2, 0.25) is 0 Å². The van der Waals surface area contributed by atoms with Crippen molar-refractivity contribution in [3.8, 4) is 17.1 Å². The predicted octanol–water partition coefficient (Wildman–Crippen LogP) is 3.47. The molecule has 0 bridgehead atoms. The maximum Gasteiger partial charge on any atom is 0.231 e. The normalized spacial score (nSPS) is 21.3. The number of rotatable bonds is 5. The monoisotopic (exact) mass is 366 g/mol. The molecule has 2 aliphatic carbocycles. The summed E-state index contributed by atoms with van der Waals surface area (Å²) in [6.45, 7) is 0. The summed E-state index contributed by atoms with van der Waals surface area (Å²) in [5, 5.41) is 3.64. The van der Waals surface area contributed by atoms with E-state index in [1.807, 2.05) is 35.9 Å². The SMILES string of the molecule is Cn1c(-c2cccnc2OC2CC2)cc2cc(NC(=O)[C@@H]3C[C@@H]3F)ncc21. The first kappa shape index (κ1) is 16.2. The molecule has 0 aromatic carbocycles. The van der Waals surface area contributed by atoms with E-state index in [0.29, 0.717) is 18.1 Å². The Labute approximate surface area is 155 Å². The zero-order valence-electron chi connectivity index (χ0n) is 14.9. The van der Waals surface area contributed by atoms with Crippen LogP contribution in [-0.4, -0.2) is 32.7 Å². The van der Waals surface area contributed by atoms with Crippen molar-refractivity contribution >= 4 is 22.6 Å². The lowest BCUT2D eigenvalue weighted by Gasteiger charge is -2.10. The van der Waals surface area contributed by atoms with Crippen molar-refractivity contribution in [1.82, 2.24) is 14.5 Å². The maximum absolute atomic E-state index is 13.1. The second-order valence-corrected chi connectivity index (χ2v) is 7.24. The van der Waals surface area contributed by atoms with E-state index < -0.39 is 12.1 Å². The molecule has 27 heavy (non-hydrogen) atoms. The Morgan fingerprint density at radius 1 is 1.33 bits per heavy atom. The highest BCUT2D eigenvalue weighted by Crippen LogP contribution is 2.37. The Bertz CT molecular complexity index is 1040. The van der Waals surface area contributed by atoms with E-state index >= 15 is 0 Å². The van der Waals surface area contributed by atoms with Crippen LogP contribution in [0.15, 0.2) is 36.7 Å². The molecule has 138 valence electrons. The molecule has 7 heteroatoms. The summed E-state index contributed by atoms with van der Waals surface area (Å²) in [7, 11) is 1.96. The number of halogens is 1. The van der Waals surface area contributed by atoms with Crippen molar-refractivity contribution < 1.29 is 13.9 Å². The van der Waals surface area contributed by atoms with Gasteiger partial charge in [-0.1, -0.05) is 0 Å². The molecule has 2 fully saturated rings. The first-order valence-corrected chi connectivity index (χ1v) is 9.12. The number of aromatic nitrogens is 3. The highest BCUT2D eigenvalue weighted by atomic mass is 19.1. The van der Waals surface area contributed by atoms with Crippen molar-refractivity contribution in [1.29, 1.82) is 0 Å². The van der Waals surface area contributed by atoms with Gasteiger partial charge in [-0.25, -0.2) is 14.4 Å². The average Bonchev–Trinajstić information content (AvgIpc) is 3.57. The lowest BCUT2D eigenvalue weighted by Crippen LogP contribution is -2.15. The van der Waals surface area contributed by atoms with Gasteiger partial charge in [0.1, 0.15) is 18.1 Å².